The van der Waals surface area contributed by atoms with Crippen molar-refractivity contribution in [3.63, 3.8) is 0 Å². The summed E-state index contributed by atoms with van der Waals surface area (Å²) < 4.78 is 37.2. The predicted octanol–water partition coefficient (Wildman–Crippen LogP) is 2.69. The predicted molar refractivity (Wildman–Crippen MR) is 79.8 cm³/mol. The molecule has 0 spiro atoms. The van der Waals surface area contributed by atoms with Crippen LogP contribution in [0.15, 0.2) is 47.4 Å². The first-order chi connectivity index (χ1) is 12.2. The summed E-state index contributed by atoms with van der Waals surface area (Å²) in [7, 11) is 0. The molecule has 4 aromatic rings. The molecular weight excluding hydrogens is 334 g/mol. The van der Waals surface area contributed by atoms with E-state index in [0.29, 0.717) is 22.7 Å². The van der Waals surface area contributed by atoms with Gasteiger partial charge in [0.1, 0.15) is 18.7 Å². The van der Waals surface area contributed by atoms with Crippen molar-refractivity contribution >= 4 is 5.65 Å². The Kier molecular flexibility index (Phi) is 3.77. The van der Waals surface area contributed by atoms with Gasteiger partial charge in [-0.15, -0.1) is 20.4 Å². The number of rotatable bonds is 5. The highest BCUT2D eigenvalue weighted by Gasteiger charge is 2.17. The van der Waals surface area contributed by atoms with Crippen molar-refractivity contribution in [2.45, 2.75) is 13.0 Å². The monoisotopic (exact) mass is 344 g/mol. The molecule has 0 N–H and O–H groups in total. The van der Waals surface area contributed by atoms with Crippen LogP contribution in [-0.4, -0.2) is 29.8 Å². The van der Waals surface area contributed by atoms with Crippen LogP contribution in [-0.2, 0) is 6.61 Å². The molecule has 0 fully saturated rings. The molecule has 0 bridgehead atoms. The molecule has 0 radical (unpaired) electrons. The number of aromatic nitrogens is 6. The number of hydrogen-bond donors (Lipinski definition) is 0. The topological polar surface area (TPSA) is 91.2 Å². The zero-order valence-electron chi connectivity index (χ0n) is 12.6. The van der Waals surface area contributed by atoms with Crippen LogP contribution in [0.4, 0.5) is 8.78 Å². The standard InChI is InChI=1S/C15H10F2N6O2/c16-13(17)15-22-21-14(25-15)9-1-2-10(18-6-9)7-24-11-3-4-23-8-19-20-12(23)5-11/h1-6,8,13H,7H2. The van der Waals surface area contributed by atoms with E-state index in [4.69, 9.17) is 9.15 Å². The van der Waals surface area contributed by atoms with Crippen molar-refractivity contribution in [2.75, 3.05) is 0 Å². The Morgan fingerprint density at radius 2 is 2.08 bits per heavy atom. The maximum absolute atomic E-state index is 12.5. The average molecular weight is 344 g/mol. The molecule has 10 heteroatoms. The first-order valence-electron chi connectivity index (χ1n) is 7.18. The van der Waals surface area contributed by atoms with E-state index in [9.17, 15) is 8.78 Å². The van der Waals surface area contributed by atoms with E-state index < -0.39 is 12.3 Å². The highest BCUT2D eigenvalue weighted by atomic mass is 19.3. The van der Waals surface area contributed by atoms with E-state index in [0.717, 1.165) is 0 Å². The second-order valence-electron chi connectivity index (χ2n) is 5.03. The molecule has 0 saturated heterocycles. The summed E-state index contributed by atoms with van der Waals surface area (Å²) in [4.78, 5) is 4.20. The number of pyridine rings is 2. The maximum atomic E-state index is 12.5. The van der Waals surface area contributed by atoms with Crippen molar-refractivity contribution in [3.05, 3.63) is 54.6 Å². The molecular formula is C15H10F2N6O2. The lowest BCUT2D eigenvalue weighted by atomic mass is 10.2. The van der Waals surface area contributed by atoms with Crippen LogP contribution in [0.5, 0.6) is 5.75 Å². The third-order valence-corrected chi connectivity index (χ3v) is 3.36. The molecule has 4 rings (SSSR count). The fourth-order valence-electron chi connectivity index (χ4n) is 2.12. The maximum Gasteiger partial charge on any atom is 0.314 e. The van der Waals surface area contributed by atoms with E-state index >= 15 is 0 Å². The van der Waals surface area contributed by atoms with E-state index in [1.807, 2.05) is 0 Å². The van der Waals surface area contributed by atoms with Gasteiger partial charge in [-0.1, -0.05) is 0 Å². The van der Waals surface area contributed by atoms with Gasteiger partial charge in [0.2, 0.25) is 5.89 Å². The first kappa shape index (κ1) is 15.1. The van der Waals surface area contributed by atoms with Gasteiger partial charge >= 0.3 is 6.43 Å². The molecule has 25 heavy (non-hydrogen) atoms. The number of hydrogen-bond acceptors (Lipinski definition) is 7. The summed E-state index contributed by atoms with van der Waals surface area (Å²) in [6.45, 7) is 0.233. The summed E-state index contributed by atoms with van der Waals surface area (Å²) in [5, 5.41) is 14.6. The fraction of sp³-hybridized carbons (Fsp3) is 0.133. The molecule has 0 aliphatic heterocycles. The van der Waals surface area contributed by atoms with Crippen molar-refractivity contribution in [2.24, 2.45) is 0 Å². The Morgan fingerprint density at radius 3 is 2.84 bits per heavy atom. The van der Waals surface area contributed by atoms with Gasteiger partial charge in [0, 0.05) is 18.5 Å². The van der Waals surface area contributed by atoms with Gasteiger partial charge < -0.3 is 9.15 Å². The SMILES string of the molecule is FC(F)c1nnc(-c2ccc(COc3ccn4cnnc4c3)nc2)o1. The van der Waals surface area contributed by atoms with E-state index in [2.05, 4.69) is 25.4 Å². The number of nitrogens with zero attached hydrogens (tertiary/aromatic N) is 6. The molecule has 126 valence electrons. The normalized spacial score (nSPS) is 11.3. The number of ether oxygens (including phenoxy) is 1. The molecule has 0 aromatic carbocycles. The first-order valence-corrected chi connectivity index (χ1v) is 7.18. The van der Waals surface area contributed by atoms with Gasteiger partial charge in [-0.05, 0) is 18.2 Å². The average Bonchev–Trinajstić information content (AvgIpc) is 3.29. The van der Waals surface area contributed by atoms with Crippen molar-refractivity contribution in [1.82, 2.24) is 29.8 Å². The van der Waals surface area contributed by atoms with E-state index in [-0.39, 0.29) is 12.5 Å². The lowest BCUT2D eigenvalue weighted by Crippen LogP contribution is -1.98. The Balaban J connectivity index is 1.44. The van der Waals surface area contributed by atoms with E-state index in [1.54, 1.807) is 41.2 Å². The minimum Gasteiger partial charge on any atom is -0.487 e. The van der Waals surface area contributed by atoms with Crippen LogP contribution < -0.4 is 4.74 Å². The fourth-order valence-corrected chi connectivity index (χ4v) is 2.12. The minimum absolute atomic E-state index is 0.00692. The van der Waals surface area contributed by atoms with Crippen LogP contribution >= 0.6 is 0 Å². The second-order valence-corrected chi connectivity index (χ2v) is 5.03. The molecule has 0 saturated carbocycles. The molecule has 0 aliphatic rings. The number of fused-ring (bicyclic) bond motifs is 1. The van der Waals surface area contributed by atoms with Crippen molar-refractivity contribution in [1.29, 1.82) is 0 Å². The molecule has 0 unspecified atom stereocenters. The van der Waals surface area contributed by atoms with Gasteiger partial charge in [-0.3, -0.25) is 9.38 Å². The van der Waals surface area contributed by atoms with Gasteiger partial charge in [0.05, 0.1) is 11.3 Å². The number of halogens is 2. The van der Waals surface area contributed by atoms with Crippen molar-refractivity contribution < 1.29 is 17.9 Å². The molecule has 0 amide bonds. The number of alkyl halides is 2. The third kappa shape index (κ3) is 3.13. The molecule has 4 heterocycles. The Labute approximate surface area is 139 Å². The van der Waals surface area contributed by atoms with Gasteiger partial charge in [0.25, 0.3) is 5.89 Å². The molecule has 0 atom stereocenters. The zero-order chi connectivity index (χ0) is 17.2. The van der Waals surface area contributed by atoms with Crippen LogP contribution in [0.25, 0.3) is 17.1 Å². The summed E-state index contributed by atoms with van der Waals surface area (Å²) >= 11 is 0. The molecule has 4 aromatic heterocycles. The Hall–Kier alpha value is -3.43. The third-order valence-electron chi connectivity index (χ3n) is 3.36. The largest absolute Gasteiger partial charge is 0.487 e. The van der Waals surface area contributed by atoms with E-state index in [1.165, 1.54) is 6.20 Å². The van der Waals surface area contributed by atoms with Crippen LogP contribution in [0, 0.1) is 0 Å². The Morgan fingerprint density at radius 1 is 1.16 bits per heavy atom. The lowest BCUT2D eigenvalue weighted by molar-refractivity contribution is 0.116. The highest BCUT2D eigenvalue weighted by molar-refractivity contribution is 5.50. The van der Waals surface area contributed by atoms with Gasteiger partial charge in [0.15, 0.2) is 5.65 Å². The summed E-state index contributed by atoms with van der Waals surface area (Å²) in [6.07, 6.45) is 2.04. The summed E-state index contributed by atoms with van der Waals surface area (Å²) in [5.41, 5.74) is 1.78. The van der Waals surface area contributed by atoms with Crippen molar-refractivity contribution in [3.8, 4) is 17.2 Å². The Bertz CT molecular complexity index is 999. The van der Waals surface area contributed by atoms with Gasteiger partial charge in [-0.2, -0.15) is 8.78 Å². The molecule has 0 aliphatic carbocycles. The zero-order valence-corrected chi connectivity index (χ0v) is 12.6. The van der Waals surface area contributed by atoms with Crippen LogP contribution in [0.3, 0.4) is 0 Å². The smallest absolute Gasteiger partial charge is 0.314 e. The van der Waals surface area contributed by atoms with Crippen LogP contribution in [0.1, 0.15) is 18.0 Å². The second kappa shape index (κ2) is 6.23. The molecule has 8 nitrogen and oxygen atoms in total. The highest BCUT2D eigenvalue weighted by Crippen LogP contribution is 2.23. The summed E-state index contributed by atoms with van der Waals surface area (Å²) in [5.74, 6) is -0.0938. The summed E-state index contributed by atoms with van der Waals surface area (Å²) in [6, 6.07) is 6.88. The van der Waals surface area contributed by atoms with Gasteiger partial charge in [-0.25, -0.2) is 0 Å². The van der Waals surface area contributed by atoms with Crippen LogP contribution in [0.2, 0.25) is 0 Å². The lowest BCUT2D eigenvalue weighted by Gasteiger charge is -2.06. The quantitative estimate of drug-likeness (QED) is 0.549. The minimum atomic E-state index is -2.80.